The Hall–Kier alpha value is -5.58. The van der Waals surface area contributed by atoms with E-state index in [0.717, 1.165) is 25.0 Å². The molecule has 1 heterocycles. The molecule has 0 aromatic heterocycles. The first-order chi connectivity index (χ1) is 26.3. The molecule has 1 aliphatic heterocycles. The lowest BCUT2D eigenvalue weighted by molar-refractivity contribution is -0.301. The van der Waals surface area contributed by atoms with Crippen LogP contribution in [0.3, 0.4) is 0 Å². The van der Waals surface area contributed by atoms with Crippen LogP contribution < -0.4 is 5.32 Å². The maximum absolute atomic E-state index is 12.9. The minimum absolute atomic E-state index is 0.0303. The normalized spacial score (nSPS) is 27.5. The van der Waals surface area contributed by atoms with Crippen LogP contribution in [0.5, 0.6) is 0 Å². The molecular formula is C35H44N10O10. The van der Waals surface area contributed by atoms with Crippen molar-refractivity contribution in [2.24, 2.45) is 15.3 Å². The fourth-order valence-electron chi connectivity index (χ4n) is 6.31. The number of azide groups is 3. The van der Waals surface area contributed by atoms with Crippen LogP contribution in [0.15, 0.2) is 76.0 Å². The summed E-state index contributed by atoms with van der Waals surface area (Å²) < 4.78 is 42.3. The van der Waals surface area contributed by atoms with Gasteiger partial charge in [-0.05, 0) is 54.9 Å². The van der Waals surface area contributed by atoms with E-state index in [1.807, 2.05) is 60.7 Å². The van der Waals surface area contributed by atoms with Crippen molar-refractivity contribution in [3.05, 3.63) is 103 Å². The van der Waals surface area contributed by atoms with Gasteiger partial charge in [0.2, 0.25) is 0 Å². The van der Waals surface area contributed by atoms with Gasteiger partial charge in [0, 0.05) is 28.6 Å². The molecule has 2 aliphatic rings. The van der Waals surface area contributed by atoms with E-state index in [-0.39, 0.29) is 26.2 Å². The average molecular weight is 765 g/mol. The van der Waals surface area contributed by atoms with E-state index in [4.69, 9.17) is 33.2 Å². The summed E-state index contributed by atoms with van der Waals surface area (Å²) in [5, 5.41) is 14.3. The molecule has 1 aliphatic carbocycles. The van der Waals surface area contributed by atoms with Crippen molar-refractivity contribution in [1.29, 1.82) is 0 Å². The molecule has 55 heavy (non-hydrogen) atoms. The third-order valence-corrected chi connectivity index (χ3v) is 8.41. The molecule has 1 saturated carbocycles. The minimum Gasteiger partial charge on any atom is -0.456 e. The molecule has 2 aromatic rings. The fraction of sp³-hybridized carbons (Fsp3) is 0.571. The van der Waals surface area contributed by atoms with Gasteiger partial charge in [-0.3, -0.25) is 9.59 Å². The van der Waals surface area contributed by atoms with Crippen LogP contribution in [0.1, 0.15) is 52.2 Å². The van der Waals surface area contributed by atoms with E-state index >= 15 is 0 Å². The van der Waals surface area contributed by atoms with Crippen molar-refractivity contribution >= 4 is 18.0 Å². The summed E-state index contributed by atoms with van der Waals surface area (Å²) in [6.45, 7) is 7.01. The topological polar surface area (TPSA) is 274 Å². The van der Waals surface area contributed by atoms with E-state index in [1.54, 1.807) is 20.8 Å². The van der Waals surface area contributed by atoms with Gasteiger partial charge < -0.3 is 38.5 Å². The minimum atomic E-state index is -1.54. The molecule has 0 spiro atoms. The third-order valence-electron chi connectivity index (χ3n) is 8.41. The number of nitrogens with zero attached hydrogens (tertiary/aromatic N) is 9. The number of rotatable bonds is 15. The summed E-state index contributed by atoms with van der Waals surface area (Å²) >= 11 is 0. The number of ether oxygens (including phenoxy) is 7. The standard InChI is InChI=1S/C35H44N10O10/c1-20(46)51-28-24(40-34(48)55-35(3,4)5)16-25(41-44-37)29(32(28)52-21(2)47)54-33-27(42-45-38)31(50-19-23-14-10-7-11-15-23)30(26(53-33)17-39-43-36)49-18-22-12-8-6-9-13-22/h6-15,24-33H,16-19H2,1-5H3,(H,40,48)/t24-,25+,26-,27-,28+,29-,30-,31-,32-,33-/m1/s1. The quantitative estimate of drug-likeness (QED) is 0.0715. The number of esters is 2. The van der Waals surface area contributed by atoms with E-state index in [9.17, 15) is 31.0 Å². The van der Waals surface area contributed by atoms with Crippen LogP contribution in [0.2, 0.25) is 0 Å². The van der Waals surface area contributed by atoms with Gasteiger partial charge in [-0.15, -0.1) is 0 Å². The number of hydrogen-bond acceptors (Lipinski definition) is 13. The van der Waals surface area contributed by atoms with Gasteiger partial charge in [-0.1, -0.05) is 76.0 Å². The molecule has 0 unspecified atom stereocenters. The van der Waals surface area contributed by atoms with Crippen molar-refractivity contribution < 1.29 is 47.5 Å². The van der Waals surface area contributed by atoms with Crippen LogP contribution >= 0.6 is 0 Å². The van der Waals surface area contributed by atoms with Crippen molar-refractivity contribution in [1.82, 2.24) is 5.32 Å². The zero-order valence-corrected chi connectivity index (χ0v) is 31.0. The Balaban J connectivity index is 1.77. The van der Waals surface area contributed by atoms with Gasteiger partial charge in [0.15, 0.2) is 18.5 Å². The predicted octanol–water partition coefficient (Wildman–Crippen LogP) is 6.10. The van der Waals surface area contributed by atoms with Crippen molar-refractivity contribution in [3.63, 3.8) is 0 Å². The van der Waals surface area contributed by atoms with Crippen molar-refractivity contribution in [2.45, 2.75) is 121 Å². The zero-order chi connectivity index (χ0) is 40.0. The molecule has 1 saturated heterocycles. The second-order valence-corrected chi connectivity index (χ2v) is 13.7. The van der Waals surface area contributed by atoms with E-state index in [2.05, 4.69) is 35.4 Å². The second kappa shape index (κ2) is 20.2. The Morgan fingerprint density at radius 1 is 0.782 bits per heavy atom. The molecule has 4 rings (SSSR count). The molecule has 0 radical (unpaired) electrons. The first-order valence-corrected chi connectivity index (χ1v) is 17.4. The number of benzene rings is 2. The number of nitrogens with one attached hydrogen (secondary N) is 1. The highest BCUT2D eigenvalue weighted by Crippen LogP contribution is 2.36. The molecule has 20 heteroatoms. The Morgan fingerprint density at radius 2 is 1.35 bits per heavy atom. The lowest BCUT2D eigenvalue weighted by atomic mass is 9.83. The Labute approximate surface area is 316 Å². The highest BCUT2D eigenvalue weighted by atomic mass is 16.7. The SMILES string of the molecule is CC(=O)O[C@@H]1[C@@H](OC(C)=O)[C@H](NC(=O)OC(C)(C)C)C[C@H](N=[N+]=[N-])[C@H]1O[C@H]1O[C@H](CN=[N+]=[N-])[C@@H](OCc2ccccc2)[C@H](OCc2ccccc2)[C@H]1N=[N+]=[N-]. The highest BCUT2D eigenvalue weighted by molar-refractivity contribution is 5.69. The van der Waals surface area contributed by atoms with E-state index < -0.39 is 84.7 Å². The number of hydrogen-bond donors (Lipinski definition) is 1. The summed E-state index contributed by atoms with van der Waals surface area (Å²) in [6, 6.07) is 14.8. The lowest BCUT2D eigenvalue weighted by Gasteiger charge is -2.48. The summed E-state index contributed by atoms with van der Waals surface area (Å²) in [6.07, 6.45) is -10.1. The molecule has 1 N–H and O–H groups in total. The summed E-state index contributed by atoms with van der Waals surface area (Å²) in [7, 11) is 0. The Morgan fingerprint density at radius 3 is 1.87 bits per heavy atom. The molecule has 0 bridgehead atoms. The smallest absolute Gasteiger partial charge is 0.408 e. The maximum atomic E-state index is 12.9. The molecule has 2 fully saturated rings. The Kier molecular flexibility index (Phi) is 15.5. The zero-order valence-electron chi connectivity index (χ0n) is 31.0. The second-order valence-electron chi connectivity index (χ2n) is 13.7. The van der Waals surface area contributed by atoms with Gasteiger partial charge in [0.25, 0.3) is 0 Å². The average Bonchev–Trinajstić information content (AvgIpc) is 3.12. The molecule has 294 valence electrons. The van der Waals surface area contributed by atoms with Gasteiger partial charge in [-0.2, -0.15) is 0 Å². The first-order valence-electron chi connectivity index (χ1n) is 17.4. The van der Waals surface area contributed by atoms with Gasteiger partial charge in [0.05, 0.1) is 37.9 Å². The summed E-state index contributed by atoms with van der Waals surface area (Å²) in [4.78, 5) is 46.8. The number of alkyl carbamates (subject to hydrolysis) is 1. The van der Waals surface area contributed by atoms with E-state index in [0.29, 0.717) is 0 Å². The first kappa shape index (κ1) is 42.2. The maximum Gasteiger partial charge on any atom is 0.408 e. The van der Waals surface area contributed by atoms with E-state index in [1.165, 1.54) is 0 Å². The molecule has 10 atom stereocenters. The van der Waals surface area contributed by atoms with Crippen LogP contribution in [0, 0.1) is 0 Å². The number of carbonyl (C=O) groups excluding carboxylic acids is 3. The van der Waals surface area contributed by atoms with Crippen LogP contribution in [-0.4, -0.2) is 91.2 Å². The molecule has 1 amide bonds. The third kappa shape index (κ3) is 12.5. The van der Waals surface area contributed by atoms with Gasteiger partial charge >= 0.3 is 18.0 Å². The predicted molar refractivity (Wildman–Crippen MR) is 192 cm³/mol. The van der Waals surface area contributed by atoms with Crippen LogP contribution in [-0.2, 0) is 56.0 Å². The Bertz CT molecular complexity index is 1750. The van der Waals surface area contributed by atoms with Crippen molar-refractivity contribution in [2.75, 3.05) is 6.54 Å². The highest BCUT2D eigenvalue weighted by Gasteiger charge is 2.54. The van der Waals surface area contributed by atoms with Gasteiger partial charge in [0.1, 0.15) is 30.0 Å². The lowest BCUT2D eigenvalue weighted by Crippen LogP contribution is -2.66. The number of carbonyl (C=O) groups is 3. The van der Waals surface area contributed by atoms with Crippen LogP contribution in [0.4, 0.5) is 4.79 Å². The molecule has 2 aromatic carbocycles. The van der Waals surface area contributed by atoms with Crippen molar-refractivity contribution in [3.8, 4) is 0 Å². The summed E-state index contributed by atoms with van der Waals surface area (Å²) in [5.74, 6) is -1.62. The van der Waals surface area contributed by atoms with Crippen LogP contribution in [0.25, 0.3) is 31.3 Å². The fourth-order valence-corrected chi connectivity index (χ4v) is 6.31. The summed E-state index contributed by atoms with van der Waals surface area (Å²) in [5.41, 5.74) is 29.5. The number of amides is 1. The molecular weight excluding hydrogens is 720 g/mol. The molecule has 20 nitrogen and oxygen atoms in total. The largest absolute Gasteiger partial charge is 0.456 e. The monoisotopic (exact) mass is 764 g/mol. The van der Waals surface area contributed by atoms with Gasteiger partial charge in [-0.25, -0.2) is 4.79 Å².